The highest BCUT2D eigenvalue weighted by Gasteiger charge is 2.33. The van der Waals surface area contributed by atoms with E-state index in [2.05, 4.69) is 10.3 Å². The van der Waals surface area contributed by atoms with Crippen molar-refractivity contribution >= 4 is 17.1 Å². The number of aromatic nitrogens is 1. The molecule has 0 fully saturated rings. The van der Waals surface area contributed by atoms with Crippen molar-refractivity contribution in [2.24, 2.45) is 0 Å². The van der Waals surface area contributed by atoms with Crippen molar-refractivity contribution in [1.82, 2.24) is 4.98 Å². The number of rotatable bonds is 3. The minimum atomic E-state index is -4.52. The number of nitrogens with two attached hydrogens (primary N) is 1. The van der Waals surface area contributed by atoms with Crippen LogP contribution in [0.1, 0.15) is 5.69 Å². The molecule has 106 valence electrons. The first kappa shape index (κ1) is 14.0. The van der Waals surface area contributed by atoms with E-state index in [9.17, 15) is 13.2 Å². The van der Waals surface area contributed by atoms with E-state index in [1.165, 1.54) is 7.11 Å². The van der Waals surface area contributed by atoms with Crippen molar-refractivity contribution in [3.63, 3.8) is 0 Å². The van der Waals surface area contributed by atoms with E-state index >= 15 is 0 Å². The number of alkyl halides is 3. The maximum Gasteiger partial charge on any atom is 0.433 e. The molecule has 0 radical (unpaired) electrons. The predicted octanol–water partition coefficient (Wildman–Crippen LogP) is 3.43. The summed E-state index contributed by atoms with van der Waals surface area (Å²) >= 11 is 0. The molecule has 1 aromatic carbocycles. The van der Waals surface area contributed by atoms with E-state index in [0.717, 1.165) is 12.3 Å². The van der Waals surface area contributed by atoms with Crippen molar-refractivity contribution < 1.29 is 17.9 Å². The first-order valence-electron chi connectivity index (χ1n) is 5.64. The molecule has 2 aromatic rings. The van der Waals surface area contributed by atoms with Gasteiger partial charge in [-0.1, -0.05) is 12.1 Å². The van der Waals surface area contributed by atoms with Crippen LogP contribution >= 0.6 is 0 Å². The van der Waals surface area contributed by atoms with Gasteiger partial charge in [-0.05, 0) is 18.2 Å². The molecule has 0 aliphatic carbocycles. The third-order valence-electron chi connectivity index (χ3n) is 2.60. The molecular formula is C13H12F3N3O. The second kappa shape index (κ2) is 5.28. The Kier molecular flexibility index (Phi) is 3.69. The van der Waals surface area contributed by atoms with Crippen LogP contribution < -0.4 is 15.8 Å². The summed E-state index contributed by atoms with van der Waals surface area (Å²) in [6.45, 7) is 0. The van der Waals surface area contributed by atoms with Crippen LogP contribution in [0.5, 0.6) is 5.75 Å². The molecule has 7 heteroatoms. The lowest BCUT2D eigenvalue weighted by molar-refractivity contribution is -0.141. The Labute approximate surface area is 113 Å². The van der Waals surface area contributed by atoms with Gasteiger partial charge in [0.2, 0.25) is 0 Å². The van der Waals surface area contributed by atoms with E-state index in [1.54, 1.807) is 24.3 Å². The fourth-order valence-corrected chi connectivity index (χ4v) is 1.62. The van der Waals surface area contributed by atoms with Crippen molar-refractivity contribution in [2.45, 2.75) is 6.18 Å². The lowest BCUT2D eigenvalue weighted by Crippen LogP contribution is -2.09. The van der Waals surface area contributed by atoms with Gasteiger partial charge in [0.05, 0.1) is 30.4 Å². The zero-order valence-electron chi connectivity index (χ0n) is 10.5. The van der Waals surface area contributed by atoms with E-state index in [0.29, 0.717) is 11.4 Å². The van der Waals surface area contributed by atoms with Gasteiger partial charge in [-0.3, -0.25) is 0 Å². The molecule has 0 aliphatic heterocycles. The van der Waals surface area contributed by atoms with Crippen LogP contribution in [-0.4, -0.2) is 12.1 Å². The number of nitrogens with zero attached hydrogens (tertiary/aromatic N) is 1. The number of benzene rings is 1. The third kappa shape index (κ3) is 2.93. The lowest BCUT2D eigenvalue weighted by Gasteiger charge is -2.14. The number of hydrogen-bond acceptors (Lipinski definition) is 4. The molecular weight excluding hydrogens is 271 g/mol. The number of para-hydroxylation sites is 2. The molecule has 4 nitrogen and oxygen atoms in total. The number of hydrogen-bond donors (Lipinski definition) is 2. The molecule has 0 saturated carbocycles. The van der Waals surface area contributed by atoms with Crippen LogP contribution in [0.4, 0.5) is 30.2 Å². The molecule has 0 aliphatic rings. The van der Waals surface area contributed by atoms with E-state index in [-0.39, 0.29) is 11.4 Å². The van der Waals surface area contributed by atoms with Gasteiger partial charge < -0.3 is 15.8 Å². The van der Waals surface area contributed by atoms with Crippen LogP contribution in [0.2, 0.25) is 0 Å². The standard InChI is InChI=1S/C13H12F3N3O/c1-20-11-5-3-2-4-9(11)19-10-6-12(13(14,15)16)18-7-8(10)17/h2-7H,17H2,1H3,(H,18,19). The van der Waals surface area contributed by atoms with Crippen molar-refractivity contribution in [3.8, 4) is 5.75 Å². The Morgan fingerprint density at radius 2 is 1.90 bits per heavy atom. The lowest BCUT2D eigenvalue weighted by atomic mass is 10.2. The highest BCUT2D eigenvalue weighted by Crippen LogP contribution is 2.34. The highest BCUT2D eigenvalue weighted by molar-refractivity contribution is 5.75. The summed E-state index contributed by atoms with van der Waals surface area (Å²) in [5.74, 6) is 0.497. The number of nitrogens with one attached hydrogen (secondary N) is 1. The Bertz CT molecular complexity index is 614. The fraction of sp³-hybridized carbons (Fsp3) is 0.154. The van der Waals surface area contributed by atoms with Gasteiger partial charge in [0.15, 0.2) is 0 Å². The number of methoxy groups -OCH3 is 1. The number of ether oxygens (including phenoxy) is 1. The summed E-state index contributed by atoms with van der Waals surface area (Å²) in [5, 5.41) is 2.81. The quantitative estimate of drug-likeness (QED) is 0.906. The number of anilines is 3. The van der Waals surface area contributed by atoms with Gasteiger partial charge >= 0.3 is 6.18 Å². The summed E-state index contributed by atoms with van der Waals surface area (Å²) in [7, 11) is 1.47. The summed E-state index contributed by atoms with van der Waals surface area (Å²) < 4.78 is 43.0. The van der Waals surface area contributed by atoms with Gasteiger partial charge in [-0.25, -0.2) is 4.98 Å². The topological polar surface area (TPSA) is 60.2 Å². The van der Waals surface area contributed by atoms with E-state index in [4.69, 9.17) is 10.5 Å². The molecule has 0 spiro atoms. The summed E-state index contributed by atoms with van der Waals surface area (Å²) in [6.07, 6.45) is -3.55. The second-order valence-electron chi connectivity index (χ2n) is 3.98. The van der Waals surface area contributed by atoms with Crippen molar-refractivity contribution in [2.75, 3.05) is 18.2 Å². The molecule has 0 bridgehead atoms. The molecule has 0 atom stereocenters. The Hall–Kier alpha value is -2.44. The van der Waals surface area contributed by atoms with Gasteiger partial charge in [0.25, 0.3) is 0 Å². The predicted molar refractivity (Wildman–Crippen MR) is 69.9 cm³/mol. The normalized spacial score (nSPS) is 11.2. The molecule has 2 rings (SSSR count). The van der Waals surface area contributed by atoms with Gasteiger partial charge in [0.1, 0.15) is 11.4 Å². The summed E-state index contributed by atoms with van der Waals surface area (Å²) in [4.78, 5) is 3.27. The maximum atomic E-state index is 12.6. The third-order valence-corrected chi connectivity index (χ3v) is 2.60. The molecule has 1 heterocycles. The Morgan fingerprint density at radius 1 is 1.20 bits per heavy atom. The van der Waals surface area contributed by atoms with Crippen LogP contribution in [0.25, 0.3) is 0 Å². The highest BCUT2D eigenvalue weighted by atomic mass is 19.4. The van der Waals surface area contributed by atoms with Crippen LogP contribution in [0.3, 0.4) is 0 Å². The number of pyridine rings is 1. The van der Waals surface area contributed by atoms with Crippen LogP contribution in [0, 0.1) is 0 Å². The molecule has 0 saturated heterocycles. The van der Waals surface area contributed by atoms with Crippen molar-refractivity contribution in [3.05, 3.63) is 42.2 Å². The van der Waals surface area contributed by atoms with Gasteiger partial charge in [0, 0.05) is 0 Å². The Balaban J connectivity index is 2.38. The summed E-state index contributed by atoms with van der Waals surface area (Å²) in [6, 6.07) is 7.70. The zero-order chi connectivity index (χ0) is 14.8. The molecule has 20 heavy (non-hydrogen) atoms. The summed E-state index contributed by atoms with van der Waals surface area (Å²) in [5.41, 5.74) is 5.38. The smallest absolute Gasteiger partial charge is 0.433 e. The fourth-order valence-electron chi connectivity index (χ4n) is 1.62. The minimum absolute atomic E-state index is 0.115. The average Bonchev–Trinajstić information content (AvgIpc) is 2.40. The molecule has 0 unspecified atom stereocenters. The largest absolute Gasteiger partial charge is 0.495 e. The SMILES string of the molecule is COc1ccccc1Nc1cc(C(F)(F)F)ncc1N. The second-order valence-corrected chi connectivity index (χ2v) is 3.98. The van der Waals surface area contributed by atoms with E-state index in [1.807, 2.05) is 0 Å². The zero-order valence-corrected chi connectivity index (χ0v) is 10.5. The first-order chi connectivity index (χ1) is 9.41. The maximum absolute atomic E-state index is 12.6. The molecule has 1 aromatic heterocycles. The first-order valence-corrected chi connectivity index (χ1v) is 5.64. The number of halogens is 3. The molecule has 3 N–H and O–H groups in total. The van der Waals surface area contributed by atoms with Gasteiger partial charge in [-0.2, -0.15) is 13.2 Å². The van der Waals surface area contributed by atoms with Gasteiger partial charge in [-0.15, -0.1) is 0 Å². The Morgan fingerprint density at radius 3 is 2.55 bits per heavy atom. The minimum Gasteiger partial charge on any atom is -0.495 e. The van der Waals surface area contributed by atoms with Crippen LogP contribution in [0.15, 0.2) is 36.5 Å². The molecule has 0 amide bonds. The van der Waals surface area contributed by atoms with E-state index < -0.39 is 11.9 Å². The van der Waals surface area contributed by atoms with Crippen LogP contribution in [-0.2, 0) is 6.18 Å². The monoisotopic (exact) mass is 283 g/mol. The number of nitrogen functional groups attached to an aromatic ring is 1. The average molecular weight is 283 g/mol. The van der Waals surface area contributed by atoms with Crippen molar-refractivity contribution in [1.29, 1.82) is 0 Å².